The molecule has 0 spiro atoms. The fourth-order valence-electron chi connectivity index (χ4n) is 9.27. The summed E-state index contributed by atoms with van der Waals surface area (Å²) in [6.45, 7) is 4.31. The first-order valence-electron chi connectivity index (χ1n) is 19.9. The first kappa shape index (κ1) is 38.1. The number of carbonyl (C=O) groups is 3. The number of nitrogens with one attached hydrogen (secondary N) is 4. The van der Waals surface area contributed by atoms with Crippen molar-refractivity contribution in [3.05, 3.63) is 103 Å². The number of aromatic nitrogens is 5. The maximum Gasteiger partial charge on any atom is 0.407 e. The summed E-state index contributed by atoms with van der Waals surface area (Å²) in [5, 5.41) is 5.90. The van der Waals surface area contributed by atoms with Crippen LogP contribution in [0.2, 0.25) is 0 Å². The Morgan fingerprint density at radius 2 is 1.42 bits per heavy atom. The van der Waals surface area contributed by atoms with Crippen molar-refractivity contribution in [3.63, 3.8) is 0 Å². The van der Waals surface area contributed by atoms with Gasteiger partial charge in [0.2, 0.25) is 11.8 Å². The zero-order valence-corrected chi connectivity index (χ0v) is 32.8. The minimum Gasteiger partial charge on any atom is -0.453 e. The summed E-state index contributed by atoms with van der Waals surface area (Å²) in [4.78, 5) is 61.9. The molecular formula is C44H50N8O5. The molecule has 296 valence electrons. The van der Waals surface area contributed by atoms with E-state index >= 15 is 0 Å². The quantitative estimate of drug-likeness (QED) is 0.106. The zero-order chi connectivity index (χ0) is 39.6. The molecule has 8 rings (SSSR count). The molecule has 8 atom stereocenters. The van der Waals surface area contributed by atoms with Crippen LogP contribution in [0.1, 0.15) is 81.2 Å². The number of fused-ring (bicyclic) bond motifs is 2. The lowest BCUT2D eigenvalue weighted by Gasteiger charge is -2.30. The summed E-state index contributed by atoms with van der Waals surface area (Å²) in [6.07, 6.45) is 10.9. The lowest BCUT2D eigenvalue weighted by Crippen LogP contribution is -2.54. The number of carbonyl (C=O) groups excluding carboxylic acids is 3. The van der Waals surface area contributed by atoms with E-state index in [4.69, 9.17) is 14.5 Å². The second-order valence-electron chi connectivity index (χ2n) is 15.7. The van der Waals surface area contributed by atoms with Crippen LogP contribution in [0.5, 0.6) is 0 Å². The Morgan fingerprint density at radius 3 is 2.05 bits per heavy atom. The van der Waals surface area contributed by atoms with Crippen molar-refractivity contribution in [2.24, 2.45) is 17.8 Å². The van der Waals surface area contributed by atoms with E-state index in [1.165, 1.54) is 14.2 Å². The maximum absolute atomic E-state index is 13.7. The smallest absolute Gasteiger partial charge is 0.407 e. The Hall–Kier alpha value is -5.82. The van der Waals surface area contributed by atoms with Gasteiger partial charge in [-0.25, -0.2) is 14.8 Å². The maximum atomic E-state index is 13.7. The molecule has 1 aliphatic heterocycles. The Bertz CT molecular complexity index is 2190. The minimum absolute atomic E-state index is 0.0781. The van der Waals surface area contributed by atoms with Gasteiger partial charge in [-0.1, -0.05) is 54.6 Å². The number of aromatic amines is 2. The summed E-state index contributed by atoms with van der Waals surface area (Å²) in [7, 11) is 2.77. The predicted molar refractivity (Wildman–Crippen MR) is 214 cm³/mol. The van der Waals surface area contributed by atoms with Gasteiger partial charge in [-0.15, -0.1) is 0 Å². The molecule has 4 N–H and O–H groups in total. The second kappa shape index (κ2) is 16.3. The SMILES string of the molecule is COC(=O)N[C@H](C(=O)N1CCC[C@H]1c1ncc(-c2ccc(-c3ccc(-c4cnc(C5C6CCC(C6)[C@@H]5C(=O)NC(C)c5cccnc5)[nH]4)cc3)cc2)[nH]1)[C@@H](C)OC. The topological polar surface area (TPSA) is 167 Å². The summed E-state index contributed by atoms with van der Waals surface area (Å²) in [6, 6.07) is 19.4. The average Bonchev–Trinajstić information content (AvgIpc) is 4.11. The van der Waals surface area contributed by atoms with Gasteiger partial charge in [0.25, 0.3) is 0 Å². The van der Waals surface area contributed by atoms with E-state index in [0.717, 1.165) is 77.1 Å². The normalized spacial score (nSPS) is 22.9. The van der Waals surface area contributed by atoms with Crippen molar-refractivity contribution in [1.29, 1.82) is 0 Å². The molecule has 2 aliphatic carbocycles. The van der Waals surface area contributed by atoms with Crippen molar-refractivity contribution in [1.82, 2.24) is 40.5 Å². The predicted octanol–water partition coefficient (Wildman–Crippen LogP) is 6.96. The van der Waals surface area contributed by atoms with Gasteiger partial charge in [-0.05, 0) is 91.7 Å². The van der Waals surface area contributed by atoms with Crippen molar-refractivity contribution >= 4 is 17.9 Å². The van der Waals surface area contributed by atoms with Crippen molar-refractivity contribution in [2.75, 3.05) is 20.8 Å². The summed E-state index contributed by atoms with van der Waals surface area (Å²) < 4.78 is 10.2. The number of hydrogen-bond donors (Lipinski definition) is 4. The lowest BCUT2D eigenvalue weighted by atomic mass is 9.78. The number of likely N-dealkylation sites (tertiary alicyclic amines) is 1. The molecule has 13 nitrogen and oxygen atoms in total. The number of imidazole rings is 2. The second-order valence-corrected chi connectivity index (χ2v) is 15.7. The van der Waals surface area contributed by atoms with Gasteiger partial charge in [0.15, 0.2) is 0 Å². The van der Waals surface area contributed by atoms with Gasteiger partial charge in [-0.2, -0.15) is 0 Å². The molecule has 3 aromatic heterocycles. The number of nitrogens with zero attached hydrogens (tertiary/aromatic N) is 4. The van der Waals surface area contributed by atoms with Crippen LogP contribution in [0, 0.1) is 17.8 Å². The number of alkyl carbamates (subject to hydrolysis) is 1. The van der Waals surface area contributed by atoms with E-state index in [1.54, 1.807) is 24.2 Å². The molecule has 2 aromatic carbocycles. The molecule has 57 heavy (non-hydrogen) atoms. The highest BCUT2D eigenvalue weighted by atomic mass is 16.5. The van der Waals surface area contributed by atoms with Crippen LogP contribution in [0.25, 0.3) is 33.6 Å². The number of pyridine rings is 1. The molecule has 2 bridgehead atoms. The van der Waals surface area contributed by atoms with Crippen molar-refractivity contribution in [2.45, 2.75) is 76.1 Å². The third-order valence-electron chi connectivity index (χ3n) is 12.4. The number of hydrogen-bond acceptors (Lipinski definition) is 8. The molecule has 5 aromatic rings. The Labute approximate surface area is 332 Å². The molecule has 1 saturated heterocycles. The summed E-state index contributed by atoms with van der Waals surface area (Å²) in [5.41, 5.74) is 6.98. The molecule has 3 amide bonds. The fourth-order valence-corrected chi connectivity index (χ4v) is 9.27. The van der Waals surface area contributed by atoms with Crippen LogP contribution in [-0.4, -0.2) is 80.6 Å². The Balaban J connectivity index is 0.922. The molecular weight excluding hydrogens is 721 g/mol. The highest BCUT2D eigenvalue weighted by molar-refractivity contribution is 5.87. The fraction of sp³-hybridized carbons (Fsp3) is 0.409. The number of rotatable bonds is 12. The third-order valence-corrected chi connectivity index (χ3v) is 12.4. The first-order valence-corrected chi connectivity index (χ1v) is 19.9. The molecule has 2 saturated carbocycles. The standard InChI is InChI=1S/C44H50N8O5/c1-25(33-7-5-19-45-22-33)48-42(53)38-32-18-17-31(21-32)37(38)41-47-24-35(50-41)30-15-11-28(12-16-30)27-9-13-29(14-10-27)34-23-46-40(49-34)36-8-6-20-52(36)43(54)39(26(2)56-3)51-44(55)57-4/h5,7,9-16,19,22-26,31-32,36-39H,6,8,17-18,20-21H2,1-4H3,(H,46,49)(H,47,50)(H,48,53)(H,51,55)/t25?,26-,31?,32?,36+,37?,38+,39+/m1/s1. The third kappa shape index (κ3) is 7.68. The largest absolute Gasteiger partial charge is 0.453 e. The highest BCUT2D eigenvalue weighted by Gasteiger charge is 2.52. The molecule has 4 heterocycles. The van der Waals surface area contributed by atoms with E-state index in [2.05, 4.69) is 79.1 Å². The van der Waals surface area contributed by atoms with Gasteiger partial charge in [0.1, 0.15) is 17.7 Å². The summed E-state index contributed by atoms with van der Waals surface area (Å²) in [5.74, 6) is 2.30. The van der Waals surface area contributed by atoms with E-state index in [-0.39, 0.29) is 35.7 Å². The number of H-pyrrole nitrogens is 2. The van der Waals surface area contributed by atoms with Crippen LogP contribution in [-0.2, 0) is 19.1 Å². The van der Waals surface area contributed by atoms with Crippen LogP contribution >= 0.6 is 0 Å². The van der Waals surface area contributed by atoms with Crippen LogP contribution in [0.3, 0.4) is 0 Å². The number of methoxy groups -OCH3 is 2. The Kier molecular flexibility index (Phi) is 10.9. The van der Waals surface area contributed by atoms with Crippen molar-refractivity contribution < 1.29 is 23.9 Å². The van der Waals surface area contributed by atoms with Gasteiger partial charge in [-0.3, -0.25) is 14.6 Å². The first-order chi connectivity index (χ1) is 27.7. The average molecular weight is 771 g/mol. The minimum atomic E-state index is -0.886. The van der Waals surface area contributed by atoms with E-state index in [1.807, 2.05) is 31.5 Å². The molecule has 0 radical (unpaired) electrons. The molecule has 4 unspecified atom stereocenters. The van der Waals surface area contributed by atoms with Gasteiger partial charge < -0.3 is 35.0 Å². The molecule has 3 fully saturated rings. The van der Waals surface area contributed by atoms with Crippen LogP contribution in [0.15, 0.2) is 85.5 Å². The molecule has 3 aliphatic rings. The monoisotopic (exact) mass is 770 g/mol. The van der Waals surface area contributed by atoms with Crippen LogP contribution < -0.4 is 10.6 Å². The zero-order valence-electron chi connectivity index (χ0n) is 32.8. The van der Waals surface area contributed by atoms with Crippen molar-refractivity contribution in [3.8, 4) is 33.6 Å². The molecule has 13 heteroatoms. The van der Waals surface area contributed by atoms with Gasteiger partial charge in [0.05, 0.1) is 55.0 Å². The number of benzene rings is 2. The summed E-state index contributed by atoms with van der Waals surface area (Å²) >= 11 is 0. The lowest BCUT2D eigenvalue weighted by molar-refractivity contribution is -0.137. The van der Waals surface area contributed by atoms with E-state index in [0.29, 0.717) is 24.2 Å². The number of ether oxygens (including phenoxy) is 2. The van der Waals surface area contributed by atoms with Crippen LogP contribution in [0.4, 0.5) is 4.79 Å². The van der Waals surface area contributed by atoms with E-state index < -0.39 is 18.2 Å². The van der Waals surface area contributed by atoms with E-state index in [9.17, 15) is 14.4 Å². The van der Waals surface area contributed by atoms with Gasteiger partial charge >= 0.3 is 6.09 Å². The van der Waals surface area contributed by atoms with Gasteiger partial charge in [0, 0.05) is 32.0 Å². The Morgan fingerprint density at radius 1 is 0.789 bits per heavy atom. The highest BCUT2D eigenvalue weighted by Crippen LogP contribution is 2.56. The number of amides is 3.